The van der Waals surface area contributed by atoms with E-state index < -0.39 is 0 Å². The van der Waals surface area contributed by atoms with Gasteiger partial charge >= 0.3 is 0 Å². The van der Waals surface area contributed by atoms with Crippen LogP contribution in [0.3, 0.4) is 0 Å². The lowest BCUT2D eigenvalue weighted by molar-refractivity contribution is 0.630. The van der Waals surface area contributed by atoms with E-state index in [4.69, 9.17) is 11.6 Å². The Morgan fingerprint density at radius 3 is 2.87 bits per heavy atom. The van der Waals surface area contributed by atoms with Crippen molar-refractivity contribution in [3.63, 3.8) is 0 Å². The van der Waals surface area contributed by atoms with Gasteiger partial charge in [0, 0.05) is 10.9 Å². The molecule has 0 fully saturated rings. The van der Waals surface area contributed by atoms with Crippen LogP contribution in [0.2, 0.25) is 0 Å². The first-order valence-corrected chi connectivity index (χ1v) is 5.89. The number of nitrogens with zero attached hydrogens (tertiary/aromatic N) is 1. The van der Waals surface area contributed by atoms with Crippen LogP contribution < -0.4 is 0 Å². The number of halogens is 2. The van der Waals surface area contributed by atoms with Gasteiger partial charge in [-0.15, -0.1) is 22.9 Å². The third kappa shape index (κ3) is 2.19. The van der Waals surface area contributed by atoms with E-state index >= 15 is 0 Å². The van der Waals surface area contributed by atoms with Crippen LogP contribution in [0.15, 0.2) is 23.6 Å². The molecule has 0 saturated carbocycles. The Morgan fingerprint density at radius 1 is 1.47 bits per heavy atom. The predicted octanol–water partition coefficient (Wildman–Crippen LogP) is 4.00. The molecule has 0 aliphatic carbocycles. The van der Waals surface area contributed by atoms with Gasteiger partial charge in [-0.25, -0.2) is 9.37 Å². The van der Waals surface area contributed by atoms with E-state index in [9.17, 15) is 4.39 Å². The molecule has 78 valence electrons. The fourth-order valence-electron chi connectivity index (χ4n) is 1.29. The molecule has 15 heavy (non-hydrogen) atoms. The molecule has 1 heterocycles. The first kappa shape index (κ1) is 10.6. The molecule has 0 aliphatic rings. The standard InChI is InChI=1S/C11H9ClFNS/c1-7-2-3-9(10(13)4-7)11-14-8(5-12)6-15-11/h2-4,6H,5H2,1H3. The van der Waals surface area contributed by atoms with Gasteiger partial charge < -0.3 is 0 Å². The van der Waals surface area contributed by atoms with E-state index in [1.54, 1.807) is 6.07 Å². The molecule has 0 saturated heterocycles. The first-order valence-electron chi connectivity index (χ1n) is 4.47. The Kier molecular flexibility index (Phi) is 3.03. The second kappa shape index (κ2) is 4.29. The monoisotopic (exact) mass is 241 g/mol. The molecule has 1 aromatic heterocycles. The van der Waals surface area contributed by atoms with Gasteiger partial charge in [-0.1, -0.05) is 6.07 Å². The highest BCUT2D eigenvalue weighted by Crippen LogP contribution is 2.27. The zero-order chi connectivity index (χ0) is 10.8. The van der Waals surface area contributed by atoms with Crippen molar-refractivity contribution in [2.75, 3.05) is 0 Å². The first-order chi connectivity index (χ1) is 7.20. The summed E-state index contributed by atoms with van der Waals surface area (Å²) < 4.78 is 13.6. The largest absolute Gasteiger partial charge is 0.240 e. The molecule has 2 rings (SSSR count). The van der Waals surface area contributed by atoms with Gasteiger partial charge in [0.05, 0.1) is 11.6 Å². The van der Waals surface area contributed by atoms with Crippen LogP contribution in [0.1, 0.15) is 11.3 Å². The highest BCUT2D eigenvalue weighted by atomic mass is 35.5. The molecule has 1 aromatic carbocycles. The number of aromatic nitrogens is 1. The normalized spacial score (nSPS) is 10.6. The molecule has 0 aliphatic heterocycles. The van der Waals surface area contributed by atoms with Gasteiger partial charge in [0.25, 0.3) is 0 Å². The summed E-state index contributed by atoms with van der Waals surface area (Å²) in [5.41, 5.74) is 2.24. The predicted molar refractivity (Wildman–Crippen MR) is 61.8 cm³/mol. The van der Waals surface area contributed by atoms with Crippen LogP contribution in [0.25, 0.3) is 10.6 Å². The molecule has 4 heteroatoms. The third-order valence-corrected chi connectivity index (χ3v) is 3.24. The molecule has 0 bridgehead atoms. The van der Waals surface area contributed by atoms with Gasteiger partial charge in [-0.2, -0.15) is 0 Å². The highest BCUT2D eigenvalue weighted by molar-refractivity contribution is 7.13. The van der Waals surface area contributed by atoms with Crippen molar-refractivity contribution in [3.8, 4) is 10.6 Å². The molecule has 2 aromatic rings. The van der Waals surface area contributed by atoms with E-state index in [2.05, 4.69) is 4.98 Å². The topological polar surface area (TPSA) is 12.9 Å². The van der Waals surface area contributed by atoms with Crippen LogP contribution in [0.4, 0.5) is 4.39 Å². The molecule has 0 unspecified atom stereocenters. The van der Waals surface area contributed by atoms with Gasteiger partial charge in [-0.3, -0.25) is 0 Å². The molecule has 0 N–H and O–H groups in total. The average molecular weight is 242 g/mol. The van der Waals surface area contributed by atoms with Crippen molar-refractivity contribution < 1.29 is 4.39 Å². The summed E-state index contributed by atoms with van der Waals surface area (Å²) >= 11 is 7.05. The molecule has 0 amide bonds. The van der Waals surface area contributed by atoms with Crippen molar-refractivity contribution >= 4 is 22.9 Å². The minimum atomic E-state index is -0.231. The molecule has 0 radical (unpaired) electrons. The minimum Gasteiger partial charge on any atom is -0.240 e. The van der Waals surface area contributed by atoms with Crippen molar-refractivity contribution in [1.82, 2.24) is 4.98 Å². The molecular formula is C11H9ClFNS. The zero-order valence-corrected chi connectivity index (χ0v) is 9.70. The molecular weight excluding hydrogens is 233 g/mol. The van der Waals surface area contributed by atoms with Crippen molar-refractivity contribution in [2.24, 2.45) is 0 Å². The maximum absolute atomic E-state index is 13.6. The van der Waals surface area contributed by atoms with E-state index in [0.717, 1.165) is 11.3 Å². The van der Waals surface area contributed by atoms with Gasteiger partial charge in [0.2, 0.25) is 0 Å². The Bertz CT molecular complexity index is 481. The van der Waals surface area contributed by atoms with E-state index in [1.165, 1.54) is 17.4 Å². The lowest BCUT2D eigenvalue weighted by Gasteiger charge is -1.99. The van der Waals surface area contributed by atoms with Crippen LogP contribution >= 0.6 is 22.9 Å². The number of rotatable bonds is 2. The SMILES string of the molecule is Cc1ccc(-c2nc(CCl)cs2)c(F)c1. The number of thiazole rings is 1. The van der Waals surface area contributed by atoms with E-state index in [1.807, 2.05) is 18.4 Å². The van der Waals surface area contributed by atoms with Crippen molar-refractivity contribution in [1.29, 1.82) is 0 Å². The minimum absolute atomic E-state index is 0.231. The van der Waals surface area contributed by atoms with E-state index in [-0.39, 0.29) is 5.82 Å². The summed E-state index contributed by atoms with van der Waals surface area (Å²) in [6.07, 6.45) is 0. The zero-order valence-electron chi connectivity index (χ0n) is 8.13. The second-order valence-corrected chi connectivity index (χ2v) is 4.39. The van der Waals surface area contributed by atoms with Gasteiger partial charge in [0.15, 0.2) is 0 Å². The van der Waals surface area contributed by atoms with Gasteiger partial charge in [-0.05, 0) is 24.6 Å². The number of alkyl halides is 1. The third-order valence-electron chi connectivity index (χ3n) is 2.04. The summed E-state index contributed by atoms with van der Waals surface area (Å²) in [7, 11) is 0. The lowest BCUT2D eigenvalue weighted by Crippen LogP contribution is -1.85. The average Bonchev–Trinajstić information content (AvgIpc) is 2.66. The maximum Gasteiger partial charge on any atom is 0.133 e. The Labute approximate surface area is 96.5 Å². The summed E-state index contributed by atoms with van der Waals surface area (Å²) in [4.78, 5) is 4.24. The van der Waals surface area contributed by atoms with Gasteiger partial charge in [0.1, 0.15) is 10.8 Å². The van der Waals surface area contributed by atoms with Crippen LogP contribution in [-0.4, -0.2) is 4.98 Å². The second-order valence-electron chi connectivity index (χ2n) is 3.26. The van der Waals surface area contributed by atoms with Crippen LogP contribution in [0, 0.1) is 12.7 Å². The van der Waals surface area contributed by atoms with Crippen molar-refractivity contribution in [3.05, 3.63) is 40.7 Å². The molecule has 1 nitrogen and oxygen atoms in total. The lowest BCUT2D eigenvalue weighted by atomic mass is 10.1. The number of hydrogen-bond acceptors (Lipinski definition) is 2. The number of hydrogen-bond donors (Lipinski definition) is 0. The van der Waals surface area contributed by atoms with Crippen molar-refractivity contribution in [2.45, 2.75) is 12.8 Å². The summed E-state index contributed by atoms with van der Waals surface area (Å²) in [5, 5.41) is 2.53. The van der Waals surface area contributed by atoms with E-state index in [0.29, 0.717) is 16.5 Å². The number of benzene rings is 1. The Morgan fingerprint density at radius 2 is 2.27 bits per heavy atom. The quantitative estimate of drug-likeness (QED) is 0.725. The number of aryl methyl sites for hydroxylation is 1. The smallest absolute Gasteiger partial charge is 0.133 e. The Balaban J connectivity index is 2.44. The Hall–Kier alpha value is -0.930. The maximum atomic E-state index is 13.6. The van der Waals surface area contributed by atoms with Crippen LogP contribution in [0.5, 0.6) is 0 Å². The fraction of sp³-hybridized carbons (Fsp3) is 0.182. The molecule has 0 spiro atoms. The van der Waals surface area contributed by atoms with Crippen LogP contribution in [-0.2, 0) is 5.88 Å². The molecule has 0 atom stereocenters. The summed E-state index contributed by atoms with van der Waals surface area (Å²) in [5.74, 6) is 0.134. The summed E-state index contributed by atoms with van der Waals surface area (Å²) in [6, 6.07) is 5.14. The summed E-state index contributed by atoms with van der Waals surface area (Å²) in [6.45, 7) is 1.86. The highest BCUT2D eigenvalue weighted by Gasteiger charge is 2.09. The fourth-order valence-corrected chi connectivity index (χ4v) is 2.36.